The molecule has 1 aromatic heterocycles. The van der Waals surface area contributed by atoms with E-state index in [-0.39, 0.29) is 5.97 Å². The maximum atomic E-state index is 11.4. The third-order valence-electron chi connectivity index (χ3n) is 1.23. The molecule has 13 heavy (non-hydrogen) atoms. The van der Waals surface area contributed by atoms with Crippen molar-refractivity contribution in [3.63, 3.8) is 0 Å². The summed E-state index contributed by atoms with van der Waals surface area (Å²) in [5.41, 5.74) is 0.393. The zero-order valence-electron chi connectivity index (χ0n) is 8.00. The molecule has 0 saturated carbocycles. The van der Waals surface area contributed by atoms with Crippen molar-refractivity contribution in [2.45, 2.75) is 19.6 Å². The van der Waals surface area contributed by atoms with Gasteiger partial charge in [-0.3, -0.25) is 4.98 Å². The third kappa shape index (κ3) is 3.37. The van der Waals surface area contributed by atoms with Crippen molar-refractivity contribution in [3.05, 3.63) is 30.1 Å². The van der Waals surface area contributed by atoms with Crippen LogP contribution in [0.25, 0.3) is 0 Å². The predicted molar refractivity (Wildman–Crippen MR) is 51.8 cm³/mol. The minimum atomic E-state index is -1.80. The van der Waals surface area contributed by atoms with Crippen LogP contribution in [0.3, 0.4) is 0 Å². The van der Waals surface area contributed by atoms with E-state index in [1.807, 2.05) is 19.6 Å². The molecule has 4 heteroatoms. The Labute approximate surface area is 78.9 Å². The van der Waals surface area contributed by atoms with E-state index < -0.39 is 8.32 Å². The first kappa shape index (κ1) is 9.92. The number of carbonyl (C=O) groups is 1. The summed E-state index contributed by atoms with van der Waals surface area (Å²) in [6.45, 7) is 5.88. The van der Waals surface area contributed by atoms with Gasteiger partial charge in [0.2, 0.25) is 8.32 Å². The molecule has 0 bridgehead atoms. The van der Waals surface area contributed by atoms with Gasteiger partial charge in [-0.05, 0) is 31.8 Å². The normalized spacial score (nSPS) is 11.0. The number of aromatic nitrogens is 1. The fourth-order valence-corrected chi connectivity index (χ4v) is 1.44. The van der Waals surface area contributed by atoms with Crippen LogP contribution in [0, 0.1) is 6.20 Å². The predicted octanol–water partition coefficient (Wildman–Crippen LogP) is 1.87. The monoisotopic (exact) mass is 194 g/mol. The van der Waals surface area contributed by atoms with Gasteiger partial charge in [-0.2, -0.15) is 0 Å². The van der Waals surface area contributed by atoms with E-state index in [4.69, 9.17) is 4.43 Å². The van der Waals surface area contributed by atoms with Crippen LogP contribution in [0.2, 0.25) is 19.6 Å². The first-order valence-corrected chi connectivity index (χ1v) is 7.46. The van der Waals surface area contributed by atoms with Gasteiger partial charge >= 0.3 is 5.97 Å². The van der Waals surface area contributed by atoms with Gasteiger partial charge in [-0.1, -0.05) is 0 Å². The highest BCUT2D eigenvalue weighted by molar-refractivity contribution is 6.71. The van der Waals surface area contributed by atoms with Crippen LogP contribution in [0.4, 0.5) is 0 Å². The molecular weight excluding hydrogens is 182 g/mol. The van der Waals surface area contributed by atoms with Crippen molar-refractivity contribution in [1.82, 2.24) is 4.98 Å². The lowest BCUT2D eigenvalue weighted by molar-refractivity contribution is 0.0724. The van der Waals surface area contributed by atoms with Crippen molar-refractivity contribution in [2.75, 3.05) is 0 Å². The average molecular weight is 194 g/mol. The maximum Gasteiger partial charge on any atom is 0.327 e. The molecule has 0 aliphatic rings. The lowest BCUT2D eigenvalue weighted by Crippen LogP contribution is -2.29. The zero-order chi connectivity index (χ0) is 9.90. The van der Waals surface area contributed by atoms with E-state index >= 15 is 0 Å². The van der Waals surface area contributed by atoms with E-state index in [9.17, 15) is 4.79 Å². The molecule has 1 rings (SSSR count). The Morgan fingerprint density at radius 2 is 2.23 bits per heavy atom. The Morgan fingerprint density at radius 3 is 2.69 bits per heavy atom. The number of pyridine rings is 1. The Kier molecular flexibility index (Phi) is 2.82. The van der Waals surface area contributed by atoms with Gasteiger partial charge in [-0.15, -0.1) is 0 Å². The van der Waals surface area contributed by atoms with Crippen molar-refractivity contribution < 1.29 is 9.22 Å². The average Bonchev–Trinajstić information content (AvgIpc) is 2.03. The number of rotatable bonds is 2. The second-order valence-electron chi connectivity index (χ2n) is 3.66. The minimum absolute atomic E-state index is 0.327. The van der Waals surface area contributed by atoms with Crippen LogP contribution in [-0.2, 0) is 4.43 Å². The molecule has 0 N–H and O–H groups in total. The van der Waals surface area contributed by atoms with Crippen LogP contribution in [0.15, 0.2) is 18.3 Å². The van der Waals surface area contributed by atoms with Gasteiger partial charge in [0.1, 0.15) is 6.20 Å². The standard InChI is InChI=1S/C9H12NO2Si/c1-13(2,3)12-9(11)8-5-4-6-10-7-8/h4-6H,1-3H3. The van der Waals surface area contributed by atoms with Gasteiger partial charge in [-0.25, -0.2) is 4.79 Å². The van der Waals surface area contributed by atoms with E-state index in [1.165, 1.54) is 0 Å². The van der Waals surface area contributed by atoms with Crippen LogP contribution >= 0.6 is 0 Å². The van der Waals surface area contributed by atoms with Crippen molar-refractivity contribution in [3.8, 4) is 0 Å². The molecule has 3 nitrogen and oxygen atoms in total. The molecule has 0 aromatic carbocycles. The molecule has 0 aliphatic heterocycles. The largest absolute Gasteiger partial charge is 0.516 e. The molecule has 0 spiro atoms. The Morgan fingerprint density at radius 1 is 1.54 bits per heavy atom. The highest BCUT2D eigenvalue weighted by atomic mass is 28.4. The molecule has 1 aromatic rings. The minimum Gasteiger partial charge on any atom is -0.516 e. The summed E-state index contributed by atoms with van der Waals surface area (Å²) in [4.78, 5) is 15.1. The molecule has 69 valence electrons. The second-order valence-corrected chi connectivity index (χ2v) is 8.09. The van der Waals surface area contributed by atoms with Gasteiger partial charge in [0.15, 0.2) is 0 Å². The Balaban J connectivity index is 2.71. The molecule has 1 heterocycles. The molecule has 0 saturated heterocycles. The maximum absolute atomic E-state index is 11.4. The summed E-state index contributed by atoms with van der Waals surface area (Å²) in [6, 6.07) is 3.34. The van der Waals surface area contributed by atoms with E-state index in [0.29, 0.717) is 5.56 Å². The quantitative estimate of drug-likeness (QED) is 0.675. The fraction of sp³-hybridized carbons (Fsp3) is 0.333. The molecule has 0 fully saturated rings. The summed E-state index contributed by atoms with van der Waals surface area (Å²) in [6.07, 6.45) is 4.16. The lowest BCUT2D eigenvalue weighted by atomic mass is 10.3. The topological polar surface area (TPSA) is 39.2 Å². The first-order valence-electron chi connectivity index (χ1n) is 4.05. The van der Waals surface area contributed by atoms with E-state index in [0.717, 1.165) is 0 Å². The SMILES string of the molecule is C[Si](C)(C)OC(=O)c1[c]nccc1. The number of hydrogen-bond donors (Lipinski definition) is 0. The van der Waals surface area contributed by atoms with Crippen LogP contribution in [-0.4, -0.2) is 19.3 Å². The van der Waals surface area contributed by atoms with Gasteiger partial charge in [0, 0.05) is 6.20 Å². The Bertz CT molecular complexity index is 292. The smallest absolute Gasteiger partial charge is 0.327 e. The number of hydrogen-bond acceptors (Lipinski definition) is 3. The fourth-order valence-electron chi connectivity index (χ4n) is 0.773. The summed E-state index contributed by atoms with van der Waals surface area (Å²) < 4.78 is 5.25. The molecule has 0 atom stereocenters. The van der Waals surface area contributed by atoms with E-state index in [1.54, 1.807) is 18.3 Å². The van der Waals surface area contributed by atoms with Crippen LogP contribution < -0.4 is 0 Å². The van der Waals surface area contributed by atoms with Gasteiger partial charge < -0.3 is 4.43 Å². The molecule has 0 unspecified atom stereocenters. The second kappa shape index (κ2) is 3.70. The number of nitrogens with zero attached hydrogens (tertiary/aromatic N) is 1. The third-order valence-corrected chi connectivity index (χ3v) is 2.03. The zero-order valence-corrected chi connectivity index (χ0v) is 9.00. The van der Waals surface area contributed by atoms with Crippen molar-refractivity contribution in [1.29, 1.82) is 0 Å². The van der Waals surface area contributed by atoms with Crippen molar-refractivity contribution >= 4 is 14.3 Å². The van der Waals surface area contributed by atoms with E-state index in [2.05, 4.69) is 11.2 Å². The first-order chi connectivity index (χ1) is 5.99. The van der Waals surface area contributed by atoms with Crippen molar-refractivity contribution in [2.24, 2.45) is 0 Å². The van der Waals surface area contributed by atoms with Crippen LogP contribution in [0.5, 0.6) is 0 Å². The summed E-state index contributed by atoms with van der Waals surface area (Å²) in [5.74, 6) is -0.327. The Hall–Kier alpha value is -1.16. The molecular formula is C9H12NO2Si. The highest BCUT2D eigenvalue weighted by Gasteiger charge is 2.20. The number of carbonyl (C=O) groups excluding carboxylic acids is 1. The van der Waals surface area contributed by atoms with Gasteiger partial charge in [0.25, 0.3) is 0 Å². The van der Waals surface area contributed by atoms with Crippen LogP contribution in [0.1, 0.15) is 10.4 Å². The summed E-state index contributed by atoms with van der Waals surface area (Å²) in [7, 11) is -1.80. The summed E-state index contributed by atoms with van der Waals surface area (Å²) >= 11 is 0. The lowest BCUT2D eigenvalue weighted by Gasteiger charge is -2.16. The molecule has 0 amide bonds. The summed E-state index contributed by atoms with van der Waals surface area (Å²) in [5, 5.41) is 0. The molecule has 0 aliphatic carbocycles. The highest BCUT2D eigenvalue weighted by Crippen LogP contribution is 2.07. The van der Waals surface area contributed by atoms with Gasteiger partial charge in [0.05, 0.1) is 5.56 Å². The molecule has 1 radical (unpaired) electrons.